The lowest BCUT2D eigenvalue weighted by molar-refractivity contribution is -0.183. The minimum absolute atomic E-state index is 0. The second kappa shape index (κ2) is 12.7. The van der Waals surface area contributed by atoms with Crippen LogP contribution in [0.5, 0.6) is 0 Å². The minimum atomic E-state index is -4.12. The molecular formula is C20H32F3IN4O2. The molecule has 2 unspecified atom stereocenters. The largest absolute Gasteiger partial charge is 0.469 e. The van der Waals surface area contributed by atoms with Gasteiger partial charge in [-0.15, -0.1) is 24.0 Å². The molecule has 2 N–H and O–H groups in total. The Morgan fingerprint density at radius 3 is 2.73 bits per heavy atom. The van der Waals surface area contributed by atoms with Gasteiger partial charge in [0, 0.05) is 38.6 Å². The molecule has 2 atom stereocenters. The van der Waals surface area contributed by atoms with E-state index < -0.39 is 12.1 Å². The van der Waals surface area contributed by atoms with Crippen LogP contribution in [-0.2, 0) is 11.2 Å². The van der Waals surface area contributed by atoms with E-state index in [4.69, 9.17) is 9.15 Å². The third-order valence-electron chi connectivity index (χ3n) is 5.51. The lowest BCUT2D eigenvalue weighted by Crippen LogP contribution is -2.47. The number of morpholine rings is 1. The Morgan fingerprint density at radius 2 is 2.03 bits per heavy atom. The Bertz CT molecular complexity index is 622. The van der Waals surface area contributed by atoms with Gasteiger partial charge in [0.1, 0.15) is 5.76 Å². The highest BCUT2D eigenvalue weighted by Crippen LogP contribution is 2.37. The molecule has 172 valence electrons. The summed E-state index contributed by atoms with van der Waals surface area (Å²) < 4.78 is 50.0. The maximum Gasteiger partial charge on any atom is 0.391 e. The average Bonchev–Trinajstić information content (AvgIpc) is 3.22. The molecule has 0 spiro atoms. The number of hydrogen-bond acceptors (Lipinski definition) is 4. The molecule has 3 rings (SSSR count). The number of nitrogens with zero attached hydrogens (tertiary/aromatic N) is 2. The van der Waals surface area contributed by atoms with Gasteiger partial charge in [0.15, 0.2) is 5.96 Å². The van der Waals surface area contributed by atoms with E-state index in [1.807, 2.05) is 12.1 Å². The number of aliphatic imine (C=N–C) groups is 1. The predicted molar refractivity (Wildman–Crippen MR) is 120 cm³/mol. The van der Waals surface area contributed by atoms with Crippen LogP contribution in [0, 0.1) is 5.92 Å². The molecule has 2 heterocycles. The van der Waals surface area contributed by atoms with Crippen LogP contribution < -0.4 is 10.6 Å². The van der Waals surface area contributed by atoms with Gasteiger partial charge in [0.25, 0.3) is 0 Å². The molecule has 1 saturated carbocycles. The van der Waals surface area contributed by atoms with Gasteiger partial charge in [-0.05, 0) is 31.4 Å². The molecule has 10 heteroatoms. The van der Waals surface area contributed by atoms with Gasteiger partial charge in [0.05, 0.1) is 31.9 Å². The topological polar surface area (TPSA) is 62.0 Å². The second-order valence-electron chi connectivity index (χ2n) is 7.69. The van der Waals surface area contributed by atoms with E-state index in [1.54, 1.807) is 6.26 Å². The van der Waals surface area contributed by atoms with E-state index in [1.165, 1.54) is 0 Å². The number of hydrogen-bond donors (Lipinski definition) is 2. The standard InChI is InChI=1S/C20H31F3N4O2.HI/c21-20(22,23)16-3-1-4-17(15-16)26-19(24-7-6-18-5-2-12-29-18)25-8-9-27-10-13-28-14-11-27;/h2,5,12,16-17H,1,3-4,6-11,13-15H2,(H2,24,25,26);1H. The zero-order valence-electron chi connectivity index (χ0n) is 17.1. The van der Waals surface area contributed by atoms with Gasteiger partial charge in [-0.1, -0.05) is 6.42 Å². The smallest absolute Gasteiger partial charge is 0.391 e. The molecule has 2 aliphatic rings. The van der Waals surface area contributed by atoms with Crippen molar-refractivity contribution in [3.63, 3.8) is 0 Å². The lowest BCUT2D eigenvalue weighted by atomic mass is 9.85. The first-order valence-electron chi connectivity index (χ1n) is 10.4. The lowest BCUT2D eigenvalue weighted by Gasteiger charge is -2.32. The predicted octanol–water partition coefficient (Wildman–Crippen LogP) is 3.43. The first-order valence-corrected chi connectivity index (χ1v) is 10.4. The Hall–Kier alpha value is -1.01. The van der Waals surface area contributed by atoms with Crippen LogP contribution >= 0.6 is 24.0 Å². The highest BCUT2D eigenvalue weighted by atomic mass is 127. The van der Waals surface area contributed by atoms with Gasteiger partial charge in [-0.2, -0.15) is 13.2 Å². The monoisotopic (exact) mass is 544 g/mol. The van der Waals surface area contributed by atoms with E-state index in [0.717, 1.165) is 45.0 Å². The van der Waals surface area contributed by atoms with Crippen LogP contribution in [0.4, 0.5) is 13.2 Å². The van der Waals surface area contributed by atoms with Gasteiger partial charge in [-0.3, -0.25) is 9.89 Å². The van der Waals surface area contributed by atoms with E-state index in [-0.39, 0.29) is 42.9 Å². The fourth-order valence-electron chi connectivity index (χ4n) is 3.85. The summed E-state index contributed by atoms with van der Waals surface area (Å²) in [7, 11) is 0. The second-order valence-corrected chi connectivity index (χ2v) is 7.69. The maximum atomic E-state index is 13.1. The van der Waals surface area contributed by atoms with Crippen molar-refractivity contribution < 1.29 is 22.3 Å². The first kappa shape index (κ1) is 25.3. The van der Waals surface area contributed by atoms with Crippen molar-refractivity contribution in [3.8, 4) is 0 Å². The average molecular weight is 544 g/mol. The van der Waals surface area contributed by atoms with Crippen LogP contribution in [0.25, 0.3) is 0 Å². The molecule has 2 fully saturated rings. The van der Waals surface area contributed by atoms with Crippen LogP contribution in [-0.4, -0.2) is 69.0 Å². The zero-order chi connectivity index (χ0) is 20.5. The Balaban J connectivity index is 0.00000320. The third kappa shape index (κ3) is 8.62. The van der Waals surface area contributed by atoms with E-state index in [9.17, 15) is 13.2 Å². The first-order chi connectivity index (χ1) is 14.0. The summed E-state index contributed by atoms with van der Waals surface area (Å²) in [4.78, 5) is 6.90. The molecule has 0 amide bonds. The van der Waals surface area contributed by atoms with Crippen molar-refractivity contribution in [2.75, 3.05) is 45.9 Å². The summed E-state index contributed by atoms with van der Waals surface area (Å²) in [5.74, 6) is 0.212. The summed E-state index contributed by atoms with van der Waals surface area (Å²) >= 11 is 0. The summed E-state index contributed by atoms with van der Waals surface area (Å²) in [6, 6.07) is 3.53. The van der Waals surface area contributed by atoms with Crippen molar-refractivity contribution in [1.82, 2.24) is 15.5 Å². The summed E-state index contributed by atoms with van der Waals surface area (Å²) in [6.07, 6.45) is -0.175. The van der Waals surface area contributed by atoms with Gasteiger partial charge >= 0.3 is 6.18 Å². The number of ether oxygens (including phenoxy) is 1. The fraction of sp³-hybridized carbons (Fsp3) is 0.750. The molecule has 30 heavy (non-hydrogen) atoms. The van der Waals surface area contributed by atoms with E-state index >= 15 is 0 Å². The van der Waals surface area contributed by atoms with Crippen LogP contribution in [0.2, 0.25) is 0 Å². The van der Waals surface area contributed by atoms with Gasteiger partial charge in [-0.25, -0.2) is 0 Å². The molecular weight excluding hydrogens is 512 g/mol. The molecule has 6 nitrogen and oxygen atoms in total. The Labute approximate surface area is 193 Å². The quantitative estimate of drug-likeness (QED) is 0.313. The number of guanidine groups is 1. The van der Waals surface area contributed by atoms with Crippen molar-refractivity contribution in [3.05, 3.63) is 24.2 Å². The molecule has 1 aromatic rings. The normalized spacial score (nSPS) is 23.6. The zero-order valence-corrected chi connectivity index (χ0v) is 19.5. The van der Waals surface area contributed by atoms with Crippen molar-refractivity contribution in [2.45, 2.75) is 44.3 Å². The van der Waals surface area contributed by atoms with Crippen molar-refractivity contribution in [2.24, 2.45) is 10.9 Å². The molecule has 1 aromatic heterocycles. The highest BCUT2D eigenvalue weighted by Gasteiger charge is 2.42. The molecule has 1 aliphatic carbocycles. The summed E-state index contributed by atoms with van der Waals surface area (Å²) in [6.45, 7) is 5.25. The Morgan fingerprint density at radius 1 is 1.23 bits per heavy atom. The van der Waals surface area contributed by atoms with E-state index in [0.29, 0.717) is 31.9 Å². The number of alkyl halides is 3. The minimum Gasteiger partial charge on any atom is -0.469 e. The van der Waals surface area contributed by atoms with Gasteiger partial charge in [0.2, 0.25) is 0 Å². The van der Waals surface area contributed by atoms with Crippen LogP contribution in [0.3, 0.4) is 0 Å². The molecule has 0 aromatic carbocycles. The number of furan rings is 1. The maximum absolute atomic E-state index is 13.1. The van der Waals surface area contributed by atoms with Crippen LogP contribution in [0.15, 0.2) is 27.8 Å². The summed E-state index contributed by atoms with van der Waals surface area (Å²) in [5, 5.41) is 6.49. The van der Waals surface area contributed by atoms with Crippen molar-refractivity contribution in [1.29, 1.82) is 0 Å². The molecule has 1 aliphatic heterocycles. The number of nitrogens with one attached hydrogen (secondary N) is 2. The summed E-state index contributed by atoms with van der Waals surface area (Å²) in [5.41, 5.74) is 0. The van der Waals surface area contributed by atoms with E-state index in [2.05, 4.69) is 20.5 Å². The SMILES string of the molecule is FC(F)(F)C1CCCC(NC(=NCCN2CCOCC2)NCCc2ccco2)C1.I. The third-order valence-corrected chi connectivity index (χ3v) is 5.51. The molecule has 1 saturated heterocycles. The Kier molecular flexibility index (Phi) is 10.7. The van der Waals surface area contributed by atoms with Gasteiger partial charge < -0.3 is 19.8 Å². The highest BCUT2D eigenvalue weighted by molar-refractivity contribution is 14.0. The number of halogens is 4. The van der Waals surface area contributed by atoms with Crippen molar-refractivity contribution >= 4 is 29.9 Å². The molecule has 0 radical (unpaired) electrons. The molecule has 0 bridgehead atoms. The van der Waals surface area contributed by atoms with Crippen LogP contribution in [0.1, 0.15) is 31.4 Å². The fourth-order valence-corrected chi connectivity index (χ4v) is 3.85. The number of rotatable bonds is 7.